The van der Waals surface area contributed by atoms with Crippen molar-refractivity contribution < 1.29 is 14.1 Å². The summed E-state index contributed by atoms with van der Waals surface area (Å²) in [6, 6.07) is 17.1. The number of amides is 1. The molecule has 1 N–H and O–H groups in total. The third-order valence-corrected chi connectivity index (χ3v) is 6.28. The summed E-state index contributed by atoms with van der Waals surface area (Å²) in [7, 11) is 0. The van der Waals surface area contributed by atoms with Crippen molar-refractivity contribution in [1.29, 1.82) is 0 Å². The molecule has 0 bridgehead atoms. The topological polar surface area (TPSA) is 113 Å². The number of rotatable bonds is 5. The van der Waals surface area contributed by atoms with E-state index in [2.05, 4.69) is 17.3 Å². The highest BCUT2D eigenvalue weighted by Crippen LogP contribution is 2.36. The molecule has 10 heteroatoms. The van der Waals surface area contributed by atoms with Crippen LogP contribution < -0.4 is 15.9 Å². The zero-order valence-corrected chi connectivity index (χ0v) is 18.4. The molecule has 0 saturated heterocycles. The third-order valence-electron chi connectivity index (χ3n) is 5.21. The predicted octanol–water partition coefficient (Wildman–Crippen LogP) is 3.14. The maximum Gasteiger partial charge on any atom is 0.280 e. The van der Waals surface area contributed by atoms with Crippen molar-refractivity contribution in [3.63, 3.8) is 0 Å². The summed E-state index contributed by atoms with van der Waals surface area (Å²) in [4.78, 5) is 28.9. The van der Waals surface area contributed by atoms with E-state index >= 15 is 0 Å². The molecule has 0 unspecified atom stereocenters. The van der Waals surface area contributed by atoms with Crippen LogP contribution in [-0.2, 0) is 4.79 Å². The van der Waals surface area contributed by atoms with E-state index in [9.17, 15) is 14.9 Å². The number of hydrazone groups is 1. The number of thioether (sulfide) groups is 1. The average molecular weight is 462 g/mol. The van der Waals surface area contributed by atoms with Gasteiger partial charge in [0.15, 0.2) is 10.9 Å². The Labute approximate surface area is 192 Å². The van der Waals surface area contributed by atoms with Crippen LogP contribution in [0.25, 0.3) is 17.0 Å². The average Bonchev–Trinajstić information content (AvgIpc) is 3.32. The Morgan fingerprint density at radius 1 is 1.15 bits per heavy atom. The number of fused-ring (bicyclic) bond motifs is 2. The molecule has 2 aliphatic heterocycles. The van der Waals surface area contributed by atoms with E-state index in [4.69, 9.17) is 9.41 Å². The van der Waals surface area contributed by atoms with E-state index in [1.807, 2.05) is 24.3 Å². The van der Waals surface area contributed by atoms with Crippen molar-refractivity contribution in [2.45, 2.75) is 19.5 Å². The molecule has 1 amide bonds. The minimum Gasteiger partial charge on any atom is -0.456 e. The van der Waals surface area contributed by atoms with Crippen LogP contribution in [0.15, 0.2) is 75.2 Å². The first-order valence-electron chi connectivity index (χ1n) is 10.4. The number of nitrogens with zero attached hydrogens (tertiary/aromatic N) is 4. The number of hydrogen-bond donors (Lipinski definition) is 1. The van der Waals surface area contributed by atoms with Gasteiger partial charge in [-0.3, -0.25) is 20.2 Å². The fourth-order valence-corrected chi connectivity index (χ4v) is 4.46. The van der Waals surface area contributed by atoms with Gasteiger partial charge in [0.2, 0.25) is 6.17 Å². The zero-order chi connectivity index (χ0) is 22.9. The van der Waals surface area contributed by atoms with E-state index in [1.54, 1.807) is 35.3 Å². The van der Waals surface area contributed by atoms with Crippen LogP contribution in [0.5, 0.6) is 0 Å². The predicted molar refractivity (Wildman–Crippen MR) is 124 cm³/mol. The Bertz CT molecular complexity index is 1410. The highest BCUT2D eigenvalue weighted by Gasteiger charge is 2.36. The highest BCUT2D eigenvalue weighted by molar-refractivity contribution is 8.13. The molecule has 33 heavy (non-hydrogen) atoms. The van der Waals surface area contributed by atoms with Gasteiger partial charge in [0, 0.05) is 17.0 Å². The van der Waals surface area contributed by atoms with Gasteiger partial charge in [-0.15, -0.1) is 5.10 Å². The summed E-state index contributed by atoms with van der Waals surface area (Å²) in [5, 5.41) is 22.4. The van der Waals surface area contributed by atoms with E-state index in [0.717, 1.165) is 12.2 Å². The fourth-order valence-electron chi connectivity index (χ4n) is 3.75. The number of furan rings is 1. The lowest BCUT2D eigenvalue weighted by molar-refractivity contribution is -0.384. The molecule has 0 aliphatic carbocycles. The standard InChI is InChI=1S/C23H19N5O4S/c1-2-13-33-23-25-22(29)20-14-7-3-5-9-16(14)24-21(27(20)26-23)19-12-11-18(32-19)15-8-4-6-10-17(15)28(30)31/h3-12,21H,2,13H2,1H3,(H,25,26,29)/t21-/m1/s1. The molecule has 166 valence electrons. The molecule has 2 aromatic carbocycles. The summed E-state index contributed by atoms with van der Waals surface area (Å²) < 4.78 is 6.05. The van der Waals surface area contributed by atoms with Crippen molar-refractivity contribution in [3.8, 4) is 11.3 Å². The van der Waals surface area contributed by atoms with E-state index in [0.29, 0.717) is 38.5 Å². The molecule has 2 aliphatic rings. The van der Waals surface area contributed by atoms with Crippen LogP contribution >= 0.6 is 11.8 Å². The van der Waals surface area contributed by atoms with Crippen LogP contribution in [0.1, 0.15) is 25.3 Å². The molecule has 0 spiro atoms. The lowest BCUT2D eigenvalue weighted by Crippen LogP contribution is -2.50. The van der Waals surface area contributed by atoms with E-state index < -0.39 is 11.1 Å². The van der Waals surface area contributed by atoms with E-state index in [-0.39, 0.29) is 11.6 Å². The first-order valence-corrected chi connectivity index (χ1v) is 11.4. The normalized spacial score (nSPS) is 16.9. The molecule has 0 fully saturated rings. The summed E-state index contributed by atoms with van der Waals surface area (Å²) in [6.07, 6.45) is 0.208. The third kappa shape index (κ3) is 3.78. The van der Waals surface area contributed by atoms with Gasteiger partial charge in [-0.1, -0.05) is 49.0 Å². The number of carbonyl (C=O) groups is 1. The number of amidine groups is 1. The molecular weight excluding hydrogens is 442 g/mol. The van der Waals surface area contributed by atoms with Crippen LogP contribution in [-0.4, -0.2) is 26.8 Å². The Morgan fingerprint density at radius 2 is 1.94 bits per heavy atom. The maximum absolute atomic E-state index is 13.1. The van der Waals surface area contributed by atoms with Crippen molar-refractivity contribution in [1.82, 2.24) is 10.3 Å². The quantitative estimate of drug-likeness (QED) is 0.461. The van der Waals surface area contributed by atoms with Crippen LogP contribution in [0.4, 0.5) is 5.69 Å². The molecule has 3 aromatic rings. The van der Waals surface area contributed by atoms with Gasteiger partial charge in [-0.2, -0.15) is 0 Å². The Balaban J connectivity index is 1.62. The lowest BCUT2D eigenvalue weighted by Gasteiger charge is -2.32. The maximum atomic E-state index is 13.1. The molecule has 0 radical (unpaired) electrons. The number of hydrogen-bond acceptors (Lipinski definition) is 8. The minimum atomic E-state index is -0.727. The van der Waals surface area contributed by atoms with Crippen LogP contribution in [0.2, 0.25) is 0 Å². The Kier molecular flexibility index (Phi) is 5.43. The lowest BCUT2D eigenvalue weighted by atomic mass is 10.1. The van der Waals surface area contributed by atoms with Gasteiger partial charge in [-0.05, 0) is 30.7 Å². The largest absolute Gasteiger partial charge is 0.456 e. The smallest absolute Gasteiger partial charge is 0.280 e. The van der Waals surface area contributed by atoms with E-state index in [1.165, 1.54) is 17.8 Å². The van der Waals surface area contributed by atoms with Crippen LogP contribution in [0.3, 0.4) is 0 Å². The SMILES string of the molecule is CCCSC1=NN2C(=c3ccccc3=N[C@H]2c2ccc(-c3ccccc3[N+](=O)[O-])o2)C(=O)N1. The van der Waals surface area contributed by atoms with Gasteiger partial charge < -0.3 is 4.42 Å². The van der Waals surface area contributed by atoms with Gasteiger partial charge in [0.1, 0.15) is 11.5 Å². The molecule has 9 nitrogen and oxygen atoms in total. The number of carbonyl (C=O) groups excluding carboxylic acids is 1. The Morgan fingerprint density at radius 3 is 2.76 bits per heavy atom. The zero-order valence-electron chi connectivity index (χ0n) is 17.6. The summed E-state index contributed by atoms with van der Waals surface area (Å²) in [6.45, 7) is 2.05. The molecule has 0 saturated carbocycles. The second kappa shape index (κ2) is 8.55. The molecule has 1 aromatic heterocycles. The Hall–Kier alpha value is -3.92. The first kappa shape index (κ1) is 21.0. The van der Waals surface area contributed by atoms with Gasteiger partial charge >= 0.3 is 0 Å². The summed E-state index contributed by atoms with van der Waals surface area (Å²) in [5.74, 6) is 1.32. The molecule has 1 atom stereocenters. The fraction of sp³-hybridized carbons (Fsp3) is 0.174. The summed E-state index contributed by atoms with van der Waals surface area (Å²) in [5.41, 5.74) is 0.702. The van der Waals surface area contributed by atoms with Crippen LogP contribution in [0, 0.1) is 10.1 Å². The second-order valence-corrected chi connectivity index (χ2v) is 8.48. The van der Waals surface area contributed by atoms with Crippen molar-refractivity contribution in [2.24, 2.45) is 10.1 Å². The number of nitrogens with one attached hydrogen (secondary N) is 1. The highest BCUT2D eigenvalue weighted by atomic mass is 32.2. The second-order valence-electron chi connectivity index (χ2n) is 7.40. The van der Waals surface area contributed by atoms with Crippen molar-refractivity contribution in [3.05, 3.63) is 87.1 Å². The first-order chi connectivity index (χ1) is 16.1. The number of benzene rings is 2. The summed E-state index contributed by atoms with van der Waals surface area (Å²) >= 11 is 1.46. The number of para-hydroxylation sites is 2. The number of nitro benzene ring substituents is 1. The van der Waals surface area contributed by atoms with Crippen molar-refractivity contribution in [2.75, 3.05) is 5.75 Å². The van der Waals surface area contributed by atoms with Gasteiger partial charge in [0.05, 0.1) is 15.8 Å². The molecule has 5 rings (SSSR count). The van der Waals surface area contributed by atoms with Gasteiger partial charge in [-0.25, -0.2) is 10.0 Å². The molecule has 3 heterocycles. The number of nitro groups is 1. The molecular formula is C23H19N5O4S. The van der Waals surface area contributed by atoms with Crippen molar-refractivity contribution >= 4 is 34.2 Å². The monoisotopic (exact) mass is 461 g/mol. The minimum absolute atomic E-state index is 0.0507. The van der Waals surface area contributed by atoms with Gasteiger partial charge in [0.25, 0.3) is 11.6 Å².